The average Bonchev–Trinajstić information content (AvgIpc) is 2.74. The first-order valence-corrected chi connectivity index (χ1v) is 7.38. The number of rotatable bonds is 5. The van der Waals surface area contributed by atoms with Crippen LogP contribution in [-0.4, -0.2) is 71.2 Å². The van der Waals surface area contributed by atoms with Gasteiger partial charge in [-0.1, -0.05) is 0 Å². The molecule has 2 N–H and O–H groups in total. The minimum atomic E-state index is -0.852. The van der Waals surface area contributed by atoms with Crippen LogP contribution in [0.2, 0.25) is 0 Å². The molecule has 2 aliphatic heterocycles. The number of nitrogens with one attached hydrogen (secondary N) is 1. The molecule has 2 aliphatic rings. The Morgan fingerprint density at radius 1 is 1.42 bits per heavy atom. The lowest BCUT2D eigenvalue weighted by molar-refractivity contribution is -0.145. The second-order valence-electron chi connectivity index (χ2n) is 6.50. The van der Waals surface area contributed by atoms with Crippen molar-refractivity contribution in [3.63, 3.8) is 0 Å². The van der Waals surface area contributed by atoms with Gasteiger partial charge in [-0.2, -0.15) is 0 Å². The first-order chi connectivity index (χ1) is 8.90. The lowest BCUT2D eigenvalue weighted by Crippen LogP contribution is -2.62. The first kappa shape index (κ1) is 14.8. The van der Waals surface area contributed by atoms with Crippen molar-refractivity contribution in [2.45, 2.75) is 51.2 Å². The van der Waals surface area contributed by atoms with Gasteiger partial charge in [0.1, 0.15) is 5.54 Å². The second kappa shape index (κ2) is 5.77. The number of hydrogen-bond donors (Lipinski definition) is 2. The quantitative estimate of drug-likeness (QED) is 0.766. The van der Waals surface area contributed by atoms with E-state index in [1.165, 1.54) is 19.4 Å². The summed E-state index contributed by atoms with van der Waals surface area (Å²) in [6, 6.07) is 0.819. The van der Waals surface area contributed by atoms with Crippen LogP contribution < -0.4 is 5.32 Å². The van der Waals surface area contributed by atoms with E-state index in [9.17, 15) is 9.90 Å². The van der Waals surface area contributed by atoms with Crippen molar-refractivity contribution in [3.8, 4) is 0 Å². The van der Waals surface area contributed by atoms with Crippen LogP contribution in [0.1, 0.15) is 33.6 Å². The highest BCUT2D eigenvalue weighted by Gasteiger charge is 2.38. The number of piperazine rings is 1. The third kappa shape index (κ3) is 3.46. The monoisotopic (exact) mass is 269 g/mol. The Bertz CT molecular complexity index is 335. The normalized spacial score (nSPS) is 28.3. The Morgan fingerprint density at radius 2 is 2.16 bits per heavy atom. The molecule has 0 amide bonds. The molecule has 0 saturated carbocycles. The van der Waals surface area contributed by atoms with Crippen molar-refractivity contribution in [1.82, 2.24) is 15.1 Å². The Balaban J connectivity index is 1.95. The van der Waals surface area contributed by atoms with E-state index in [0.29, 0.717) is 12.6 Å². The minimum absolute atomic E-state index is 0.175. The van der Waals surface area contributed by atoms with Gasteiger partial charge in [-0.25, -0.2) is 0 Å². The van der Waals surface area contributed by atoms with E-state index in [0.717, 1.165) is 19.6 Å². The highest BCUT2D eigenvalue weighted by atomic mass is 16.4. The zero-order valence-corrected chi connectivity index (χ0v) is 12.4. The number of nitrogens with zero attached hydrogens (tertiary/aromatic N) is 2. The van der Waals surface area contributed by atoms with Gasteiger partial charge < -0.3 is 5.11 Å². The molecule has 5 nitrogen and oxygen atoms in total. The number of aliphatic carboxylic acids is 1. The molecule has 2 rings (SSSR count). The summed E-state index contributed by atoms with van der Waals surface area (Å²) in [7, 11) is 0. The molecule has 0 aromatic carbocycles. The number of carbonyl (C=O) groups is 1. The van der Waals surface area contributed by atoms with Crippen molar-refractivity contribution < 1.29 is 9.90 Å². The van der Waals surface area contributed by atoms with Gasteiger partial charge in [0.05, 0.1) is 0 Å². The largest absolute Gasteiger partial charge is 0.480 e. The standard InChI is InChI=1S/C14H27N3O2/c1-11(2)15-14(3,13(18)19)10-16-7-8-17-6-4-5-12(17)9-16/h11-12,15H,4-10H2,1-3H3,(H,18,19). The lowest BCUT2D eigenvalue weighted by atomic mass is 9.99. The van der Waals surface area contributed by atoms with E-state index in [1.54, 1.807) is 6.92 Å². The van der Waals surface area contributed by atoms with Gasteiger partial charge in [0.2, 0.25) is 0 Å². The summed E-state index contributed by atoms with van der Waals surface area (Å²) in [5, 5.41) is 12.7. The van der Waals surface area contributed by atoms with Crippen LogP contribution in [0.15, 0.2) is 0 Å². The van der Waals surface area contributed by atoms with E-state index in [4.69, 9.17) is 0 Å². The van der Waals surface area contributed by atoms with Crippen LogP contribution in [0, 0.1) is 0 Å². The average molecular weight is 269 g/mol. The predicted molar refractivity (Wildman–Crippen MR) is 75.3 cm³/mol. The van der Waals surface area contributed by atoms with Crippen molar-refractivity contribution >= 4 is 5.97 Å². The fourth-order valence-corrected chi connectivity index (χ4v) is 3.46. The fraction of sp³-hybridized carbons (Fsp3) is 0.929. The van der Waals surface area contributed by atoms with E-state index >= 15 is 0 Å². The SMILES string of the molecule is CC(C)NC(C)(CN1CCN2CCCC2C1)C(=O)O. The van der Waals surface area contributed by atoms with E-state index in [2.05, 4.69) is 15.1 Å². The maximum absolute atomic E-state index is 11.6. The fourth-order valence-electron chi connectivity index (χ4n) is 3.46. The van der Waals surface area contributed by atoms with Crippen LogP contribution in [0.25, 0.3) is 0 Å². The van der Waals surface area contributed by atoms with E-state index < -0.39 is 11.5 Å². The molecule has 2 atom stereocenters. The molecule has 0 bridgehead atoms. The summed E-state index contributed by atoms with van der Waals surface area (Å²) in [6.07, 6.45) is 2.55. The summed E-state index contributed by atoms with van der Waals surface area (Å²) in [5.41, 5.74) is -0.852. The van der Waals surface area contributed by atoms with Crippen LogP contribution >= 0.6 is 0 Å². The minimum Gasteiger partial charge on any atom is -0.480 e. The maximum atomic E-state index is 11.6. The Labute approximate surface area is 115 Å². The number of hydrogen-bond acceptors (Lipinski definition) is 4. The van der Waals surface area contributed by atoms with E-state index in [1.807, 2.05) is 13.8 Å². The third-order valence-electron chi connectivity index (χ3n) is 4.29. The predicted octanol–water partition coefficient (Wildman–Crippen LogP) is 0.608. The molecular formula is C14H27N3O2. The van der Waals surface area contributed by atoms with Crippen LogP contribution in [0.3, 0.4) is 0 Å². The van der Waals surface area contributed by atoms with E-state index in [-0.39, 0.29) is 6.04 Å². The van der Waals surface area contributed by atoms with Crippen molar-refractivity contribution in [3.05, 3.63) is 0 Å². The van der Waals surface area contributed by atoms with Crippen LogP contribution in [0.5, 0.6) is 0 Å². The molecule has 19 heavy (non-hydrogen) atoms. The summed E-state index contributed by atoms with van der Waals surface area (Å²) < 4.78 is 0. The van der Waals surface area contributed by atoms with Gasteiger partial charge in [-0.3, -0.25) is 19.9 Å². The molecule has 2 fully saturated rings. The summed E-state index contributed by atoms with van der Waals surface area (Å²) >= 11 is 0. The van der Waals surface area contributed by atoms with Crippen LogP contribution in [0.4, 0.5) is 0 Å². The molecule has 110 valence electrons. The molecule has 0 aliphatic carbocycles. The topological polar surface area (TPSA) is 55.8 Å². The molecule has 0 radical (unpaired) electrons. The molecule has 2 heterocycles. The van der Waals surface area contributed by atoms with Gasteiger partial charge in [0.25, 0.3) is 0 Å². The maximum Gasteiger partial charge on any atom is 0.324 e. The summed E-state index contributed by atoms with van der Waals surface area (Å²) in [4.78, 5) is 16.4. The van der Waals surface area contributed by atoms with Crippen molar-refractivity contribution in [2.24, 2.45) is 0 Å². The summed E-state index contributed by atoms with van der Waals surface area (Å²) in [5.74, 6) is -0.755. The van der Waals surface area contributed by atoms with Crippen molar-refractivity contribution in [2.75, 3.05) is 32.7 Å². The van der Waals surface area contributed by atoms with Gasteiger partial charge >= 0.3 is 5.97 Å². The number of carboxylic acid groups (broad SMARTS) is 1. The highest BCUT2D eigenvalue weighted by molar-refractivity contribution is 5.78. The van der Waals surface area contributed by atoms with Crippen molar-refractivity contribution in [1.29, 1.82) is 0 Å². The smallest absolute Gasteiger partial charge is 0.324 e. The van der Waals surface area contributed by atoms with Gasteiger partial charge in [0, 0.05) is 38.3 Å². The number of carboxylic acids is 1. The molecule has 0 aromatic heterocycles. The highest BCUT2D eigenvalue weighted by Crippen LogP contribution is 2.22. The zero-order chi connectivity index (χ0) is 14.0. The molecule has 0 spiro atoms. The van der Waals surface area contributed by atoms with Gasteiger partial charge in [-0.15, -0.1) is 0 Å². The number of fused-ring (bicyclic) bond motifs is 1. The first-order valence-electron chi connectivity index (χ1n) is 7.38. The lowest BCUT2D eigenvalue weighted by Gasteiger charge is -2.41. The van der Waals surface area contributed by atoms with Crippen LogP contribution in [-0.2, 0) is 4.79 Å². The molecule has 2 saturated heterocycles. The third-order valence-corrected chi connectivity index (χ3v) is 4.29. The molecule has 2 unspecified atom stereocenters. The van der Waals surface area contributed by atoms with Gasteiger partial charge in [-0.05, 0) is 40.2 Å². The molecular weight excluding hydrogens is 242 g/mol. The summed E-state index contributed by atoms with van der Waals surface area (Å²) in [6.45, 7) is 10.7. The Morgan fingerprint density at radius 3 is 2.79 bits per heavy atom. The molecule has 0 aromatic rings. The Kier molecular flexibility index (Phi) is 4.48. The zero-order valence-electron chi connectivity index (χ0n) is 12.4. The molecule has 5 heteroatoms. The Hall–Kier alpha value is -0.650. The second-order valence-corrected chi connectivity index (χ2v) is 6.50. The van der Waals surface area contributed by atoms with Gasteiger partial charge in [0.15, 0.2) is 0 Å².